The summed E-state index contributed by atoms with van der Waals surface area (Å²) in [5.41, 5.74) is 1.85. The summed E-state index contributed by atoms with van der Waals surface area (Å²) in [6, 6.07) is 18.8. The number of hydrogen-bond donors (Lipinski definition) is 0. The fourth-order valence-electron chi connectivity index (χ4n) is 1.94. The van der Waals surface area contributed by atoms with E-state index in [4.69, 9.17) is 17.6 Å². The van der Waals surface area contributed by atoms with Gasteiger partial charge in [-0.25, -0.2) is 9.10 Å². The summed E-state index contributed by atoms with van der Waals surface area (Å²) in [7, 11) is 0. The molecule has 2 atom stereocenters. The van der Waals surface area contributed by atoms with E-state index in [1.807, 2.05) is 60.7 Å². The smallest absolute Gasteiger partial charge is 0.268 e. The Morgan fingerprint density at radius 3 is 2.04 bits per heavy atom. The summed E-state index contributed by atoms with van der Waals surface area (Å²) in [5.74, 6) is 0.279. The fourth-order valence-corrected chi connectivity index (χ4v) is 3.18. The molecule has 142 valence electrons. The molecule has 8 heteroatoms. The van der Waals surface area contributed by atoms with E-state index in [0.29, 0.717) is 12.8 Å². The predicted octanol–water partition coefficient (Wildman–Crippen LogP) is 3.39. The Bertz CT molecular complexity index is 666. The molecule has 2 unspecified atom stereocenters. The lowest BCUT2D eigenvalue weighted by Crippen LogP contribution is -2.06. The number of unbranched alkanes of at least 4 members (excludes halogenated alkanes) is 1. The van der Waals surface area contributed by atoms with Gasteiger partial charge in [-0.15, -0.1) is 4.33 Å². The molecule has 0 amide bonds. The molecule has 0 heterocycles. The van der Waals surface area contributed by atoms with Crippen LogP contribution in [-0.4, -0.2) is 21.6 Å². The maximum absolute atomic E-state index is 11.7. The van der Waals surface area contributed by atoms with Crippen LogP contribution in [0.2, 0.25) is 0 Å². The van der Waals surface area contributed by atoms with Gasteiger partial charge in [0.25, 0.3) is 0 Å². The number of hydrogen-bond acceptors (Lipinski definition) is 6. The van der Waals surface area contributed by atoms with Crippen LogP contribution in [0.5, 0.6) is 0 Å². The van der Waals surface area contributed by atoms with Crippen molar-refractivity contribution in [2.75, 3.05) is 13.2 Å². The van der Waals surface area contributed by atoms with E-state index in [1.165, 1.54) is 0 Å². The normalized spacial score (nSPS) is 13.4. The largest absolute Gasteiger partial charge is 0.304 e. The summed E-state index contributed by atoms with van der Waals surface area (Å²) in [4.78, 5) is 4.92. The van der Waals surface area contributed by atoms with Crippen LogP contribution in [0, 0.1) is 0 Å². The van der Waals surface area contributed by atoms with Gasteiger partial charge in [0.1, 0.15) is 0 Å². The molecule has 0 N–H and O–H groups in total. The quantitative estimate of drug-likeness (QED) is 0.293. The fraction of sp³-hybridized carbons (Fsp3) is 0.333. The van der Waals surface area contributed by atoms with Gasteiger partial charge >= 0.3 is 11.4 Å². The molecule has 0 fully saturated rings. The van der Waals surface area contributed by atoms with Crippen LogP contribution in [0.15, 0.2) is 60.7 Å². The third-order valence-electron chi connectivity index (χ3n) is 3.22. The van der Waals surface area contributed by atoms with Crippen LogP contribution in [0.25, 0.3) is 0 Å². The molecular formula is C18H22O6S2. The lowest BCUT2D eigenvalue weighted by molar-refractivity contribution is -0.197. The van der Waals surface area contributed by atoms with Gasteiger partial charge in [-0.3, -0.25) is 8.37 Å². The first-order valence-electron chi connectivity index (χ1n) is 8.18. The molecule has 0 bridgehead atoms. The maximum atomic E-state index is 11.7. The molecular weight excluding hydrogens is 376 g/mol. The van der Waals surface area contributed by atoms with Crippen molar-refractivity contribution in [1.29, 1.82) is 0 Å². The Hall–Kier alpha value is -1.42. The third-order valence-corrected chi connectivity index (χ3v) is 4.70. The van der Waals surface area contributed by atoms with Crippen molar-refractivity contribution in [3.63, 3.8) is 0 Å². The number of benzene rings is 2. The highest BCUT2D eigenvalue weighted by atomic mass is 32.2. The van der Waals surface area contributed by atoms with E-state index in [9.17, 15) is 8.42 Å². The Balaban J connectivity index is 1.44. The van der Waals surface area contributed by atoms with Crippen LogP contribution in [-0.2, 0) is 52.4 Å². The third kappa shape index (κ3) is 9.33. The zero-order valence-electron chi connectivity index (χ0n) is 14.3. The summed E-state index contributed by atoms with van der Waals surface area (Å²) in [6.07, 6.45) is 1.24. The molecule has 6 nitrogen and oxygen atoms in total. The summed E-state index contributed by atoms with van der Waals surface area (Å²) >= 11 is -3.31. The lowest BCUT2D eigenvalue weighted by atomic mass is 10.2. The first-order valence-corrected chi connectivity index (χ1v) is 10.4. The second kappa shape index (κ2) is 12.9. The van der Waals surface area contributed by atoms with Crippen LogP contribution in [0.1, 0.15) is 24.0 Å². The van der Waals surface area contributed by atoms with Gasteiger partial charge in [-0.1, -0.05) is 60.7 Å². The minimum Gasteiger partial charge on any atom is -0.268 e. The van der Waals surface area contributed by atoms with Gasteiger partial charge in [-0.2, -0.15) is 4.21 Å². The Labute approximate surface area is 158 Å². The van der Waals surface area contributed by atoms with Crippen molar-refractivity contribution >= 4 is 22.4 Å². The van der Waals surface area contributed by atoms with Gasteiger partial charge in [-0.05, 0) is 24.0 Å². The molecule has 0 aliphatic rings. The molecule has 0 aliphatic heterocycles. The molecule has 2 rings (SSSR count). The Morgan fingerprint density at radius 2 is 1.35 bits per heavy atom. The maximum Gasteiger partial charge on any atom is 0.304 e. The van der Waals surface area contributed by atoms with Crippen LogP contribution in [0.3, 0.4) is 0 Å². The van der Waals surface area contributed by atoms with E-state index < -0.39 is 22.4 Å². The zero-order valence-corrected chi connectivity index (χ0v) is 15.9. The summed E-state index contributed by atoms with van der Waals surface area (Å²) in [6.45, 7) is 0.789. The Kier molecular flexibility index (Phi) is 10.3. The van der Waals surface area contributed by atoms with Gasteiger partial charge in [0.2, 0.25) is 0 Å². The topological polar surface area (TPSA) is 71.1 Å². The second-order valence-electron chi connectivity index (χ2n) is 5.30. The molecule has 26 heavy (non-hydrogen) atoms. The van der Waals surface area contributed by atoms with Crippen molar-refractivity contribution < 1.29 is 26.0 Å². The average Bonchev–Trinajstić information content (AvgIpc) is 2.67. The van der Waals surface area contributed by atoms with Crippen molar-refractivity contribution in [3.8, 4) is 0 Å². The SMILES string of the molecule is O=S(Cc1ccccc1)OOCCCCOS(=O)OCc1ccccc1. The van der Waals surface area contributed by atoms with E-state index in [0.717, 1.165) is 11.1 Å². The van der Waals surface area contributed by atoms with Crippen LogP contribution >= 0.6 is 0 Å². The molecule has 2 aromatic rings. The monoisotopic (exact) mass is 398 g/mol. The zero-order chi connectivity index (χ0) is 18.5. The second-order valence-corrected chi connectivity index (χ2v) is 7.22. The molecule has 0 saturated carbocycles. The lowest BCUT2D eigenvalue weighted by Gasteiger charge is -2.05. The Morgan fingerprint density at radius 1 is 0.731 bits per heavy atom. The minimum absolute atomic E-state index is 0.234. The van der Waals surface area contributed by atoms with E-state index in [2.05, 4.69) is 0 Å². The van der Waals surface area contributed by atoms with Crippen molar-refractivity contribution in [2.24, 2.45) is 0 Å². The van der Waals surface area contributed by atoms with Crippen molar-refractivity contribution in [1.82, 2.24) is 0 Å². The summed E-state index contributed by atoms with van der Waals surface area (Å²) < 4.78 is 38.2. The number of rotatable bonds is 13. The first kappa shape index (κ1) is 20.9. The first-order chi connectivity index (χ1) is 12.7. The van der Waals surface area contributed by atoms with Crippen LogP contribution < -0.4 is 0 Å². The summed E-state index contributed by atoms with van der Waals surface area (Å²) in [5, 5.41) is 0. The van der Waals surface area contributed by atoms with Crippen LogP contribution in [0.4, 0.5) is 0 Å². The van der Waals surface area contributed by atoms with E-state index in [-0.39, 0.29) is 25.6 Å². The molecule has 2 aromatic carbocycles. The van der Waals surface area contributed by atoms with Gasteiger partial charge in [0.05, 0.1) is 25.6 Å². The van der Waals surface area contributed by atoms with E-state index >= 15 is 0 Å². The highest BCUT2D eigenvalue weighted by Gasteiger charge is 2.04. The standard InChI is InChI=1S/C18H22O6S2/c19-25(16-18-11-5-2-6-12-18)24-21-13-7-8-14-22-26(20)23-15-17-9-3-1-4-10-17/h1-6,9-12H,7-8,13-16H2. The molecule has 0 spiro atoms. The molecule has 0 aromatic heterocycles. The van der Waals surface area contributed by atoms with Gasteiger partial charge < -0.3 is 0 Å². The minimum atomic E-state index is -1.78. The highest BCUT2D eigenvalue weighted by Crippen LogP contribution is 2.05. The highest BCUT2D eigenvalue weighted by molar-refractivity contribution is 7.79. The van der Waals surface area contributed by atoms with Crippen molar-refractivity contribution in [2.45, 2.75) is 25.2 Å². The van der Waals surface area contributed by atoms with E-state index in [1.54, 1.807) is 0 Å². The van der Waals surface area contributed by atoms with Gasteiger partial charge in [0, 0.05) is 0 Å². The molecule has 0 radical (unpaired) electrons. The van der Waals surface area contributed by atoms with Crippen molar-refractivity contribution in [3.05, 3.63) is 71.8 Å². The molecule has 0 saturated heterocycles. The average molecular weight is 399 g/mol. The predicted molar refractivity (Wildman–Crippen MR) is 99.9 cm³/mol. The van der Waals surface area contributed by atoms with Gasteiger partial charge in [0.15, 0.2) is 11.1 Å². The molecule has 0 aliphatic carbocycles.